The van der Waals surface area contributed by atoms with Gasteiger partial charge in [-0.3, -0.25) is 0 Å². The minimum atomic E-state index is 0.0545. The van der Waals surface area contributed by atoms with Crippen LogP contribution in [-0.4, -0.2) is 52.2 Å². The number of para-hydroxylation sites is 1. The second kappa shape index (κ2) is 6.98. The monoisotopic (exact) mass is 395 g/mol. The number of hydrogen-bond donors (Lipinski definition) is 1. The van der Waals surface area contributed by atoms with Gasteiger partial charge in [-0.05, 0) is 37.1 Å². The molecule has 1 aromatic heterocycles. The number of fused-ring (bicyclic) bond motifs is 2. The van der Waals surface area contributed by atoms with Gasteiger partial charge >= 0.3 is 6.03 Å². The molecule has 0 radical (unpaired) electrons. The molecule has 3 heterocycles. The Morgan fingerprint density at radius 1 is 1.11 bits per heavy atom. The summed E-state index contributed by atoms with van der Waals surface area (Å²) in [5, 5.41) is 11.4. The third kappa shape index (κ3) is 3.05. The average molecular weight is 395 g/mol. The van der Waals surface area contributed by atoms with E-state index < -0.39 is 0 Å². The second-order valence-corrected chi connectivity index (χ2v) is 8.25. The first-order valence-electron chi connectivity index (χ1n) is 9.57. The zero-order chi connectivity index (χ0) is 19.1. The Hall–Kier alpha value is -2.80. The molecular formula is C21H21N3O3S. The van der Waals surface area contributed by atoms with E-state index in [2.05, 4.69) is 0 Å². The number of aromatic hydroxyl groups is 1. The number of carbonyl (C=O) groups is 1. The van der Waals surface area contributed by atoms with Gasteiger partial charge in [-0.15, -0.1) is 11.3 Å². The van der Waals surface area contributed by atoms with Crippen molar-refractivity contribution in [2.45, 2.75) is 19.4 Å². The Bertz CT molecular complexity index is 1010. The first-order chi connectivity index (χ1) is 13.7. The van der Waals surface area contributed by atoms with Crippen LogP contribution in [0.4, 0.5) is 4.79 Å². The lowest BCUT2D eigenvalue weighted by Crippen LogP contribution is -2.42. The number of aromatic nitrogens is 1. The fourth-order valence-electron chi connectivity index (χ4n) is 3.89. The molecule has 0 saturated carbocycles. The molecule has 0 spiro atoms. The van der Waals surface area contributed by atoms with Crippen molar-refractivity contribution in [2.75, 3.05) is 26.2 Å². The normalized spacial score (nSPS) is 16.7. The van der Waals surface area contributed by atoms with Crippen molar-refractivity contribution in [3.8, 4) is 22.1 Å². The molecule has 0 atom stereocenters. The molecule has 1 fully saturated rings. The van der Waals surface area contributed by atoms with Gasteiger partial charge in [-0.25, -0.2) is 9.78 Å². The van der Waals surface area contributed by atoms with Crippen LogP contribution in [0.3, 0.4) is 0 Å². The Labute approximate surface area is 167 Å². The maximum atomic E-state index is 12.8. The summed E-state index contributed by atoms with van der Waals surface area (Å²) in [6.07, 6.45) is 2.13. The maximum absolute atomic E-state index is 12.8. The average Bonchev–Trinajstić information content (AvgIpc) is 3.33. The molecule has 144 valence electrons. The van der Waals surface area contributed by atoms with E-state index >= 15 is 0 Å². The van der Waals surface area contributed by atoms with Crippen LogP contribution >= 0.6 is 11.3 Å². The summed E-state index contributed by atoms with van der Waals surface area (Å²) >= 11 is 1.59. The zero-order valence-electron chi connectivity index (χ0n) is 15.4. The third-order valence-electron chi connectivity index (χ3n) is 5.30. The first-order valence-corrected chi connectivity index (χ1v) is 10.4. The van der Waals surface area contributed by atoms with Crippen LogP contribution in [0.5, 0.6) is 11.5 Å². The Morgan fingerprint density at radius 3 is 2.75 bits per heavy atom. The van der Waals surface area contributed by atoms with E-state index in [1.165, 1.54) is 0 Å². The van der Waals surface area contributed by atoms with Crippen LogP contribution in [0.1, 0.15) is 18.4 Å². The van der Waals surface area contributed by atoms with Crippen molar-refractivity contribution in [3.05, 3.63) is 42.0 Å². The fraction of sp³-hybridized carbons (Fsp3) is 0.333. The van der Waals surface area contributed by atoms with Gasteiger partial charge in [0.25, 0.3) is 0 Å². The predicted octanol–water partition coefficient (Wildman–Crippen LogP) is 4.08. The van der Waals surface area contributed by atoms with Crippen molar-refractivity contribution < 1.29 is 14.6 Å². The van der Waals surface area contributed by atoms with Gasteiger partial charge in [0.1, 0.15) is 11.6 Å². The second-order valence-electron chi connectivity index (χ2n) is 7.22. The smallest absolute Gasteiger partial charge is 0.320 e. The highest BCUT2D eigenvalue weighted by Crippen LogP contribution is 2.39. The van der Waals surface area contributed by atoms with Crippen LogP contribution in [0, 0.1) is 0 Å². The van der Waals surface area contributed by atoms with Crippen LogP contribution in [-0.2, 0) is 6.54 Å². The maximum Gasteiger partial charge on any atom is 0.320 e. The number of thiazole rings is 1. The van der Waals surface area contributed by atoms with E-state index in [0.717, 1.165) is 52.3 Å². The van der Waals surface area contributed by atoms with Gasteiger partial charge in [0, 0.05) is 24.2 Å². The lowest BCUT2D eigenvalue weighted by molar-refractivity contribution is 0.154. The SMILES string of the molecule is O=C(N1CCCC1)N1CCOc2c(O)cc(-c3nc4ccccc4s3)cc2C1. The molecule has 3 aromatic rings. The summed E-state index contributed by atoms with van der Waals surface area (Å²) in [7, 11) is 0. The van der Waals surface area contributed by atoms with Crippen LogP contribution in [0.15, 0.2) is 36.4 Å². The molecule has 5 rings (SSSR count). The molecule has 1 saturated heterocycles. The molecule has 7 heteroatoms. The number of urea groups is 1. The first kappa shape index (κ1) is 17.3. The van der Waals surface area contributed by atoms with Crippen molar-refractivity contribution in [1.82, 2.24) is 14.8 Å². The van der Waals surface area contributed by atoms with Gasteiger partial charge in [0.05, 0.1) is 23.3 Å². The number of carbonyl (C=O) groups excluding carboxylic acids is 1. The van der Waals surface area contributed by atoms with Gasteiger partial charge < -0.3 is 19.6 Å². The predicted molar refractivity (Wildman–Crippen MR) is 109 cm³/mol. The van der Waals surface area contributed by atoms with E-state index in [-0.39, 0.29) is 11.8 Å². The lowest BCUT2D eigenvalue weighted by atomic mass is 10.1. The highest BCUT2D eigenvalue weighted by molar-refractivity contribution is 7.21. The van der Waals surface area contributed by atoms with Gasteiger partial charge in [-0.2, -0.15) is 0 Å². The summed E-state index contributed by atoms with van der Waals surface area (Å²) in [5.74, 6) is 0.573. The van der Waals surface area contributed by atoms with E-state index in [4.69, 9.17) is 9.72 Å². The number of rotatable bonds is 1. The topological polar surface area (TPSA) is 65.9 Å². The number of phenols is 1. The van der Waals surface area contributed by atoms with Crippen molar-refractivity contribution >= 4 is 27.6 Å². The number of amides is 2. The Balaban J connectivity index is 1.50. The van der Waals surface area contributed by atoms with E-state index in [1.54, 1.807) is 17.4 Å². The largest absolute Gasteiger partial charge is 0.504 e. The van der Waals surface area contributed by atoms with Crippen molar-refractivity contribution in [3.63, 3.8) is 0 Å². The van der Waals surface area contributed by atoms with Gasteiger partial charge in [0.15, 0.2) is 11.5 Å². The van der Waals surface area contributed by atoms with Crippen molar-refractivity contribution in [1.29, 1.82) is 0 Å². The molecule has 0 bridgehead atoms. The van der Waals surface area contributed by atoms with Crippen LogP contribution < -0.4 is 4.74 Å². The van der Waals surface area contributed by atoms with E-state index in [9.17, 15) is 9.90 Å². The molecule has 28 heavy (non-hydrogen) atoms. The zero-order valence-corrected chi connectivity index (χ0v) is 16.2. The third-order valence-corrected chi connectivity index (χ3v) is 6.39. The number of ether oxygens (including phenoxy) is 1. The number of benzene rings is 2. The minimum Gasteiger partial charge on any atom is -0.504 e. The number of phenolic OH excluding ortho intramolecular Hbond substituents is 1. The Morgan fingerprint density at radius 2 is 1.93 bits per heavy atom. The van der Waals surface area contributed by atoms with Crippen LogP contribution in [0.2, 0.25) is 0 Å². The quantitative estimate of drug-likeness (QED) is 0.674. The summed E-state index contributed by atoms with van der Waals surface area (Å²) in [5.41, 5.74) is 2.61. The van der Waals surface area contributed by atoms with Gasteiger partial charge in [-0.1, -0.05) is 12.1 Å². The summed E-state index contributed by atoms with van der Waals surface area (Å²) < 4.78 is 6.90. The molecule has 1 N–H and O–H groups in total. The minimum absolute atomic E-state index is 0.0545. The standard InChI is InChI=1S/C21H21N3O3S/c25-17-12-14(20-22-16-5-1-2-6-18(16)28-20)11-15-13-24(9-10-27-19(15)17)21(26)23-7-3-4-8-23/h1-2,5-6,11-12,25H,3-4,7-10,13H2. The van der Waals surface area contributed by atoms with Crippen LogP contribution in [0.25, 0.3) is 20.8 Å². The van der Waals surface area contributed by atoms with Gasteiger partial charge in [0.2, 0.25) is 0 Å². The highest BCUT2D eigenvalue weighted by Gasteiger charge is 2.27. The molecule has 2 amide bonds. The molecule has 2 aromatic carbocycles. The number of hydrogen-bond acceptors (Lipinski definition) is 5. The number of likely N-dealkylation sites (tertiary alicyclic amines) is 1. The van der Waals surface area contributed by atoms with Crippen molar-refractivity contribution in [2.24, 2.45) is 0 Å². The summed E-state index contributed by atoms with van der Waals surface area (Å²) in [4.78, 5) is 21.3. The fourth-order valence-corrected chi connectivity index (χ4v) is 4.84. The lowest BCUT2D eigenvalue weighted by Gasteiger charge is -2.26. The molecular weight excluding hydrogens is 374 g/mol. The Kier molecular flexibility index (Phi) is 4.31. The van der Waals surface area contributed by atoms with E-state index in [1.807, 2.05) is 40.1 Å². The summed E-state index contributed by atoms with van der Waals surface area (Å²) in [6.45, 7) is 2.96. The molecule has 0 unspecified atom stereocenters. The van der Waals surface area contributed by atoms with E-state index in [0.29, 0.717) is 25.4 Å². The summed E-state index contributed by atoms with van der Waals surface area (Å²) in [6, 6.07) is 11.7. The number of nitrogens with zero attached hydrogens (tertiary/aromatic N) is 3. The molecule has 2 aliphatic heterocycles. The molecule has 2 aliphatic rings. The molecule has 0 aliphatic carbocycles. The highest BCUT2D eigenvalue weighted by atomic mass is 32.1. The molecule has 6 nitrogen and oxygen atoms in total.